The van der Waals surface area contributed by atoms with E-state index in [0.717, 1.165) is 191 Å². The van der Waals surface area contributed by atoms with Gasteiger partial charge in [-0.3, -0.25) is 0 Å². The fourth-order valence-electron chi connectivity index (χ4n) is 9.70. The van der Waals surface area contributed by atoms with Gasteiger partial charge >= 0.3 is 0 Å². The van der Waals surface area contributed by atoms with Crippen molar-refractivity contribution in [2.75, 3.05) is 0 Å². The SMILES string of the molecule is CC(C)=CCC/C(C)=C/CCC(CC=O)CCC=O.CC(C)=CCC/C(C)=C/CCC(CC=O)CCC=O.CC(C)=CCCC(C)C(C=O)CCC(CC=O)CCC=O.CC(C)C(C=O)CCC(C)C(C=O)CCC(CC=O)CCC=O. The summed E-state index contributed by atoms with van der Waals surface area (Å²) in [6.45, 7) is 25.2. The van der Waals surface area contributed by atoms with Crippen molar-refractivity contribution < 1.29 is 52.7 Å². The monoisotopic (exact) mass is 1150 g/mol. The number of carbonyl (C=O) groups excluding carboxylic acids is 11. The van der Waals surface area contributed by atoms with Gasteiger partial charge in [0.25, 0.3) is 0 Å². The first kappa shape index (κ1) is 83.5. The van der Waals surface area contributed by atoms with Crippen molar-refractivity contribution in [3.05, 3.63) is 58.2 Å². The minimum Gasteiger partial charge on any atom is -0.303 e. The largest absolute Gasteiger partial charge is 0.303 e. The fourth-order valence-corrected chi connectivity index (χ4v) is 9.70. The highest BCUT2D eigenvalue weighted by atomic mass is 16.1. The summed E-state index contributed by atoms with van der Waals surface area (Å²) in [6.07, 6.45) is 44.5. The van der Waals surface area contributed by atoms with E-state index < -0.39 is 0 Å². The molecule has 11 nitrogen and oxygen atoms in total. The molecule has 0 aliphatic rings. The number of allylic oxidation sites excluding steroid dienone is 10. The summed E-state index contributed by atoms with van der Waals surface area (Å²) < 4.78 is 0. The molecule has 468 valence electrons. The molecule has 0 aromatic heterocycles. The molecule has 82 heavy (non-hydrogen) atoms. The van der Waals surface area contributed by atoms with Crippen LogP contribution in [0.4, 0.5) is 0 Å². The summed E-state index contributed by atoms with van der Waals surface area (Å²) in [4.78, 5) is 118. The molecule has 0 fully saturated rings. The molecule has 9 atom stereocenters. The standard InChI is InChI=1S/C19H32O4.C18H30O3.2C17H28O2/c1-15(2)18(13-22)8-6-16(3)19(14-23)9-7-17(10-12-21)5-4-11-20;1-15(2)6-4-7-16(3)18(14-21)10-9-17(11-13-20)8-5-12-19;2*1-15(2)7-4-8-16(3)9-5-10-17(12-14-19)11-6-13-18/h11-19H,4-10H2,1-3H3;6,12-14,16-18H,4-5,7-11H2,1-3H3;2*7,9,13-14,17H,4-6,8,10-12H2,1-3H3/b;;2*16-9+. The topological polar surface area (TPSA) is 188 Å². The molecular weight excluding hydrogens is 1030 g/mol. The van der Waals surface area contributed by atoms with Crippen LogP contribution >= 0.6 is 0 Å². The second-order valence-electron chi connectivity index (χ2n) is 24.1. The molecule has 0 heterocycles. The number of rotatable bonds is 50. The summed E-state index contributed by atoms with van der Waals surface area (Å²) >= 11 is 0. The summed E-state index contributed by atoms with van der Waals surface area (Å²) in [6, 6.07) is 0. The number of carbonyl (C=O) groups is 11. The third-order valence-electron chi connectivity index (χ3n) is 15.6. The second kappa shape index (κ2) is 60.7. The van der Waals surface area contributed by atoms with Crippen LogP contribution in [0.15, 0.2) is 58.2 Å². The third-order valence-corrected chi connectivity index (χ3v) is 15.6. The van der Waals surface area contributed by atoms with Gasteiger partial charge in [-0.2, -0.15) is 0 Å². The van der Waals surface area contributed by atoms with Gasteiger partial charge < -0.3 is 52.7 Å². The van der Waals surface area contributed by atoms with Crippen molar-refractivity contribution in [3.8, 4) is 0 Å². The van der Waals surface area contributed by atoms with Crippen molar-refractivity contribution in [2.45, 2.75) is 263 Å². The molecule has 0 radical (unpaired) electrons. The summed E-state index contributed by atoms with van der Waals surface area (Å²) in [5.74, 6) is 2.15. The average Bonchev–Trinajstić information content (AvgIpc) is 3.44. The summed E-state index contributed by atoms with van der Waals surface area (Å²) in [7, 11) is 0. The Morgan fingerprint density at radius 3 is 0.817 bits per heavy atom. The third kappa shape index (κ3) is 55.6. The lowest BCUT2D eigenvalue weighted by Gasteiger charge is -2.23. The van der Waals surface area contributed by atoms with Crippen molar-refractivity contribution in [3.63, 3.8) is 0 Å². The number of hydrogen-bond acceptors (Lipinski definition) is 11. The predicted octanol–water partition coefficient (Wildman–Crippen LogP) is 17.1. The van der Waals surface area contributed by atoms with Gasteiger partial charge in [0.15, 0.2) is 0 Å². The lowest BCUT2D eigenvalue weighted by Crippen LogP contribution is -2.18. The van der Waals surface area contributed by atoms with Crippen LogP contribution in [0.25, 0.3) is 0 Å². The van der Waals surface area contributed by atoms with Gasteiger partial charge in [0.05, 0.1) is 0 Å². The smallest absolute Gasteiger partial charge is 0.123 e. The zero-order valence-corrected chi connectivity index (χ0v) is 53.8. The van der Waals surface area contributed by atoms with Crippen LogP contribution in [-0.2, 0) is 52.7 Å². The Bertz CT molecular complexity index is 1760. The first-order valence-electron chi connectivity index (χ1n) is 31.3. The zero-order chi connectivity index (χ0) is 62.8. The molecule has 0 aliphatic carbocycles. The molecule has 0 bridgehead atoms. The maximum atomic E-state index is 11.4. The maximum absolute atomic E-state index is 11.4. The van der Waals surface area contributed by atoms with Crippen LogP contribution in [0, 0.1) is 59.2 Å². The van der Waals surface area contributed by atoms with Gasteiger partial charge in [-0.25, -0.2) is 0 Å². The molecule has 0 amide bonds. The van der Waals surface area contributed by atoms with Gasteiger partial charge in [-0.15, -0.1) is 0 Å². The van der Waals surface area contributed by atoms with Crippen LogP contribution in [0.3, 0.4) is 0 Å². The number of aldehydes is 11. The first-order chi connectivity index (χ1) is 39.2. The minimum atomic E-state index is -0.0418. The highest BCUT2D eigenvalue weighted by molar-refractivity contribution is 5.56. The van der Waals surface area contributed by atoms with Crippen molar-refractivity contribution in [1.82, 2.24) is 0 Å². The van der Waals surface area contributed by atoms with Gasteiger partial charge in [-0.1, -0.05) is 85.9 Å². The molecule has 0 rings (SSSR count). The van der Waals surface area contributed by atoms with Crippen LogP contribution < -0.4 is 0 Å². The lowest BCUT2D eigenvalue weighted by molar-refractivity contribution is -0.114. The van der Waals surface area contributed by atoms with Crippen LogP contribution in [0.1, 0.15) is 263 Å². The molecule has 0 aliphatic heterocycles. The Morgan fingerprint density at radius 1 is 0.268 bits per heavy atom. The lowest BCUT2D eigenvalue weighted by atomic mass is 9.81. The minimum absolute atomic E-state index is 0.0418. The van der Waals surface area contributed by atoms with E-state index in [1.807, 2.05) is 13.8 Å². The summed E-state index contributed by atoms with van der Waals surface area (Å²) in [5.41, 5.74) is 6.88. The average molecular weight is 1150 g/mol. The Labute approximate surface area is 500 Å². The van der Waals surface area contributed by atoms with Crippen LogP contribution in [-0.4, -0.2) is 69.1 Å². The van der Waals surface area contributed by atoms with E-state index in [2.05, 4.69) is 99.6 Å². The Balaban J connectivity index is -0.000000496. The van der Waals surface area contributed by atoms with E-state index in [9.17, 15) is 52.7 Å². The molecule has 0 saturated heterocycles. The second-order valence-corrected chi connectivity index (χ2v) is 24.1. The highest BCUT2D eigenvalue weighted by Crippen LogP contribution is 2.29. The van der Waals surface area contributed by atoms with Crippen molar-refractivity contribution in [2.24, 2.45) is 59.2 Å². The van der Waals surface area contributed by atoms with E-state index >= 15 is 0 Å². The first-order valence-corrected chi connectivity index (χ1v) is 31.3. The van der Waals surface area contributed by atoms with Gasteiger partial charge in [-0.05, 0) is 225 Å². The molecule has 0 saturated carbocycles. The van der Waals surface area contributed by atoms with Gasteiger partial charge in [0.2, 0.25) is 0 Å². The molecule has 11 heteroatoms. The quantitative estimate of drug-likeness (QED) is 0.0416. The Morgan fingerprint density at radius 2 is 0.537 bits per heavy atom. The van der Waals surface area contributed by atoms with Crippen LogP contribution in [0.2, 0.25) is 0 Å². The fraction of sp³-hybridized carbons (Fsp3) is 0.704. The maximum Gasteiger partial charge on any atom is 0.123 e. The number of hydrogen-bond donors (Lipinski definition) is 0. The van der Waals surface area contributed by atoms with Gasteiger partial charge in [0.1, 0.15) is 69.1 Å². The molecule has 0 aromatic carbocycles. The van der Waals surface area contributed by atoms with E-state index in [1.165, 1.54) is 27.9 Å². The van der Waals surface area contributed by atoms with E-state index in [0.29, 0.717) is 81.5 Å². The van der Waals surface area contributed by atoms with Crippen LogP contribution in [0.5, 0.6) is 0 Å². The molecule has 9 unspecified atom stereocenters. The van der Waals surface area contributed by atoms with E-state index in [-0.39, 0.29) is 35.5 Å². The Kier molecular flexibility index (Phi) is 61.8. The molecule has 0 aromatic rings. The van der Waals surface area contributed by atoms with Crippen molar-refractivity contribution >= 4 is 69.1 Å². The van der Waals surface area contributed by atoms with Crippen molar-refractivity contribution in [1.29, 1.82) is 0 Å². The van der Waals surface area contributed by atoms with E-state index in [4.69, 9.17) is 0 Å². The van der Waals surface area contributed by atoms with Gasteiger partial charge in [0, 0.05) is 69.1 Å². The predicted molar refractivity (Wildman–Crippen MR) is 339 cm³/mol. The molecule has 0 N–H and O–H groups in total. The Hall–Kier alpha value is -4.93. The summed E-state index contributed by atoms with van der Waals surface area (Å²) in [5, 5.41) is 0. The van der Waals surface area contributed by atoms with E-state index in [1.54, 1.807) is 0 Å². The molecule has 0 spiro atoms. The normalized spacial score (nSPS) is 14.4. The highest BCUT2D eigenvalue weighted by Gasteiger charge is 2.22. The zero-order valence-electron chi connectivity index (χ0n) is 53.8. The molecular formula is C71H118O11.